The fourth-order valence-electron chi connectivity index (χ4n) is 1.63. The lowest BCUT2D eigenvalue weighted by atomic mass is 10.1. The van der Waals surface area contributed by atoms with Gasteiger partial charge < -0.3 is 10.2 Å². The molecule has 0 spiro atoms. The third kappa shape index (κ3) is 2.14. The number of hydrogen-bond donors (Lipinski definition) is 1. The molecular formula is C13H14FNO. The van der Waals surface area contributed by atoms with Crippen molar-refractivity contribution in [2.24, 2.45) is 5.73 Å². The lowest BCUT2D eigenvalue weighted by Crippen LogP contribution is -2.02. The molecule has 1 unspecified atom stereocenters. The van der Waals surface area contributed by atoms with Crippen LogP contribution in [0.4, 0.5) is 4.39 Å². The van der Waals surface area contributed by atoms with Crippen molar-refractivity contribution in [1.29, 1.82) is 0 Å². The van der Waals surface area contributed by atoms with E-state index in [-0.39, 0.29) is 11.9 Å². The minimum Gasteiger partial charge on any atom is -0.459 e. The Morgan fingerprint density at radius 3 is 2.56 bits per heavy atom. The summed E-state index contributed by atoms with van der Waals surface area (Å²) in [7, 11) is 0. The van der Waals surface area contributed by atoms with Gasteiger partial charge in [-0.25, -0.2) is 4.39 Å². The van der Waals surface area contributed by atoms with Gasteiger partial charge in [0.2, 0.25) is 0 Å². The summed E-state index contributed by atoms with van der Waals surface area (Å²) in [6.45, 7) is 3.70. The molecule has 0 bridgehead atoms. The second-order valence-electron chi connectivity index (χ2n) is 4.01. The molecular weight excluding hydrogens is 205 g/mol. The van der Waals surface area contributed by atoms with Crippen molar-refractivity contribution in [3.8, 4) is 11.3 Å². The van der Waals surface area contributed by atoms with Gasteiger partial charge in [0, 0.05) is 5.56 Å². The molecule has 2 aromatic rings. The summed E-state index contributed by atoms with van der Waals surface area (Å²) in [6, 6.07) is 8.30. The SMILES string of the molecule is Cc1cc(F)cc(-c2ccc(C(C)N)o2)c1. The Hall–Kier alpha value is -1.61. The first-order valence-corrected chi connectivity index (χ1v) is 5.19. The first-order chi connectivity index (χ1) is 7.56. The zero-order valence-corrected chi connectivity index (χ0v) is 9.33. The van der Waals surface area contributed by atoms with Crippen LogP contribution in [0.3, 0.4) is 0 Å². The molecule has 1 aromatic heterocycles. The summed E-state index contributed by atoms with van der Waals surface area (Å²) in [5.74, 6) is 1.10. The highest BCUT2D eigenvalue weighted by Crippen LogP contribution is 2.26. The highest BCUT2D eigenvalue weighted by atomic mass is 19.1. The fraction of sp³-hybridized carbons (Fsp3) is 0.231. The average Bonchev–Trinajstić information content (AvgIpc) is 2.64. The molecule has 1 aromatic carbocycles. The van der Waals surface area contributed by atoms with E-state index in [4.69, 9.17) is 10.2 Å². The number of rotatable bonds is 2. The Balaban J connectivity index is 2.42. The summed E-state index contributed by atoms with van der Waals surface area (Å²) >= 11 is 0. The summed E-state index contributed by atoms with van der Waals surface area (Å²) in [4.78, 5) is 0. The van der Waals surface area contributed by atoms with Crippen molar-refractivity contribution in [3.63, 3.8) is 0 Å². The van der Waals surface area contributed by atoms with Crippen molar-refractivity contribution >= 4 is 0 Å². The van der Waals surface area contributed by atoms with E-state index < -0.39 is 0 Å². The van der Waals surface area contributed by atoms with Crippen molar-refractivity contribution in [1.82, 2.24) is 0 Å². The monoisotopic (exact) mass is 219 g/mol. The van der Waals surface area contributed by atoms with Crippen LogP contribution in [-0.2, 0) is 0 Å². The topological polar surface area (TPSA) is 39.2 Å². The predicted molar refractivity (Wildman–Crippen MR) is 61.4 cm³/mol. The van der Waals surface area contributed by atoms with Gasteiger partial charge in [0.25, 0.3) is 0 Å². The number of benzene rings is 1. The van der Waals surface area contributed by atoms with Crippen LogP contribution in [0.15, 0.2) is 34.7 Å². The largest absolute Gasteiger partial charge is 0.459 e. The molecule has 2 nitrogen and oxygen atoms in total. The molecule has 0 radical (unpaired) electrons. The van der Waals surface area contributed by atoms with Crippen molar-refractivity contribution < 1.29 is 8.81 Å². The van der Waals surface area contributed by atoms with Crippen LogP contribution in [0.25, 0.3) is 11.3 Å². The maximum absolute atomic E-state index is 13.2. The van der Waals surface area contributed by atoms with Crippen LogP contribution in [0.1, 0.15) is 24.3 Å². The average molecular weight is 219 g/mol. The lowest BCUT2D eigenvalue weighted by Gasteiger charge is -2.01. The van der Waals surface area contributed by atoms with Crippen LogP contribution in [-0.4, -0.2) is 0 Å². The highest BCUT2D eigenvalue weighted by molar-refractivity contribution is 5.58. The quantitative estimate of drug-likeness (QED) is 0.840. The number of halogens is 1. The third-order valence-electron chi connectivity index (χ3n) is 2.40. The summed E-state index contributed by atoms with van der Waals surface area (Å²) < 4.78 is 18.8. The maximum atomic E-state index is 13.2. The zero-order chi connectivity index (χ0) is 11.7. The van der Waals surface area contributed by atoms with E-state index in [1.165, 1.54) is 12.1 Å². The minimum absolute atomic E-state index is 0.150. The molecule has 2 rings (SSSR count). The van der Waals surface area contributed by atoms with Crippen molar-refractivity contribution in [3.05, 3.63) is 47.5 Å². The van der Waals surface area contributed by atoms with Gasteiger partial charge in [0.05, 0.1) is 6.04 Å². The van der Waals surface area contributed by atoms with E-state index in [1.54, 1.807) is 0 Å². The third-order valence-corrected chi connectivity index (χ3v) is 2.40. The van der Waals surface area contributed by atoms with E-state index in [0.717, 1.165) is 11.1 Å². The molecule has 0 aliphatic rings. The van der Waals surface area contributed by atoms with E-state index >= 15 is 0 Å². The molecule has 1 atom stereocenters. The van der Waals surface area contributed by atoms with Gasteiger partial charge in [-0.3, -0.25) is 0 Å². The van der Waals surface area contributed by atoms with Gasteiger partial charge in [-0.05, 0) is 49.7 Å². The van der Waals surface area contributed by atoms with E-state index in [1.807, 2.05) is 32.0 Å². The van der Waals surface area contributed by atoms with E-state index in [9.17, 15) is 4.39 Å². The van der Waals surface area contributed by atoms with Gasteiger partial charge in [-0.2, -0.15) is 0 Å². The molecule has 16 heavy (non-hydrogen) atoms. The summed E-state index contributed by atoms with van der Waals surface area (Å²) in [6.07, 6.45) is 0. The van der Waals surface area contributed by atoms with Gasteiger partial charge in [-0.1, -0.05) is 0 Å². The van der Waals surface area contributed by atoms with E-state index in [2.05, 4.69) is 0 Å². The second-order valence-corrected chi connectivity index (χ2v) is 4.01. The lowest BCUT2D eigenvalue weighted by molar-refractivity contribution is 0.490. The first-order valence-electron chi connectivity index (χ1n) is 5.19. The molecule has 1 heterocycles. The Kier molecular flexibility index (Phi) is 2.79. The molecule has 0 saturated carbocycles. The molecule has 0 saturated heterocycles. The Bertz CT molecular complexity index is 482. The summed E-state index contributed by atoms with van der Waals surface area (Å²) in [5.41, 5.74) is 7.31. The molecule has 84 valence electrons. The molecule has 0 amide bonds. The second kappa shape index (κ2) is 4.10. The van der Waals surface area contributed by atoms with Crippen LogP contribution in [0.2, 0.25) is 0 Å². The Morgan fingerprint density at radius 2 is 2.00 bits per heavy atom. The van der Waals surface area contributed by atoms with Crippen molar-refractivity contribution in [2.45, 2.75) is 19.9 Å². The van der Waals surface area contributed by atoms with Gasteiger partial charge in [0.1, 0.15) is 17.3 Å². The molecule has 3 heteroatoms. The Labute approximate surface area is 93.9 Å². The van der Waals surface area contributed by atoms with Crippen LogP contribution < -0.4 is 5.73 Å². The van der Waals surface area contributed by atoms with E-state index in [0.29, 0.717) is 11.5 Å². The predicted octanol–water partition coefficient (Wildman–Crippen LogP) is 3.41. The molecule has 0 fully saturated rings. The number of aryl methyl sites for hydroxylation is 1. The van der Waals surface area contributed by atoms with Crippen LogP contribution >= 0.6 is 0 Å². The normalized spacial score (nSPS) is 12.8. The minimum atomic E-state index is -0.256. The zero-order valence-electron chi connectivity index (χ0n) is 9.33. The van der Waals surface area contributed by atoms with Gasteiger partial charge in [-0.15, -0.1) is 0 Å². The van der Waals surface area contributed by atoms with Crippen LogP contribution in [0, 0.1) is 12.7 Å². The van der Waals surface area contributed by atoms with Crippen molar-refractivity contribution in [2.75, 3.05) is 0 Å². The van der Waals surface area contributed by atoms with Crippen LogP contribution in [0.5, 0.6) is 0 Å². The molecule has 0 aliphatic heterocycles. The first kappa shape index (κ1) is 10.9. The number of hydrogen-bond acceptors (Lipinski definition) is 2. The number of furan rings is 1. The van der Waals surface area contributed by atoms with Gasteiger partial charge >= 0.3 is 0 Å². The smallest absolute Gasteiger partial charge is 0.134 e. The summed E-state index contributed by atoms with van der Waals surface area (Å²) in [5, 5.41) is 0. The maximum Gasteiger partial charge on any atom is 0.134 e. The Morgan fingerprint density at radius 1 is 1.25 bits per heavy atom. The standard InChI is InChI=1S/C13H14FNO/c1-8-5-10(7-11(14)6-8)13-4-3-12(16-13)9(2)15/h3-7,9H,15H2,1-2H3. The van der Waals surface area contributed by atoms with Gasteiger partial charge in [0.15, 0.2) is 0 Å². The number of nitrogens with two attached hydrogens (primary N) is 1. The highest BCUT2D eigenvalue weighted by Gasteiger charge is 2.09. The molecule has 2 N–H and O–H groups in total. The molecule has 0 aliphatic carbocycles. The fourth-order valence-corrected chi connectivity index (χ4v) is 1.63.